The number of aromatic nitrogens is 3. The summed E-state index contributed by atoms with van der Waals surface area (Å²) in [5.41, 5.74) is -0.188. The molecular weight excluding hydrogens is 329 g/mol. The Morgan fingerprint density at radius 3 is 2.96 bits per heavy atom. The predicted molar refractivity (Wildman–Crippen MR) is 75.4 cm³/mol. The molecule has 0 radical (unpaired) electrons. The molecule has 1 aliphatic heterocycles. The Balaban J connectivity index is 1.83. The van der Waals surface area contributed by atoms with Gasteiger partial charge in [0, 0.05) is 12.6 Å². The summed E-state index contributed by atoms with van der Waals surface area (Å²) in [4.78, 5) is 12.4. The maximum absolute atomic E-state index is 12.5. The number of hydrogen-bond donors (Lipinski definition) is 2. The molecule has 0 fully saturated rings. The van der Waals surface area contributed by atoms with Crippen LogP contribution < -0.4 is 10.1 Å². The highest BCUT2D eigenvalue weighted by Gasteiger charge is 2.34. The van der Waals surface area contributed by atoms with E-state index in [1.165, 1.54) is 6.33 Å². The van der Waals surface area contributed by atoms with Gasteiger partial charge >= 0.3 is 6.36 Å². The number of phenols is 1. The SMILES string of the molecule is O=C(Nc1ccc(O)cc1OC(F)(F)F)C1CCCn2cnnc21. The molecule has 1 aliphatic rings. The third-order valence-corrected chi connectivity index (χ3v) is 3.61. The predicted octanol–water partition coefficient (Wildman–Crippen LogP) is 2.40. The molecule has 0 saturated carbocycles. The Morgan fingerprint density at radius 1 is 1.42 bits per heavy atom. The van der Waals surface area contributed by atoms with Gasteiger partial charge in [-0.25, -0.2) is 0 Å². The van der Waals surface area contributed by atoms with Crippen LogP contribution >= 0.6 is 0 Å². The second-order valence-electron chi connectivity index (χ2n) is 5.29. The number of hydrogen-bond acceptors (Lipinski definition) is 5. The lowest BCUT2D eigenvalue weighted by Gasteiger charge is -2.22. The number of aryl methyl sites for hydroxylation is 1. The number of carbonyl (C=O) groups excluding carboxylic acids is 1. The Bertz CT molecular complexity index is 760. The zero-order valence-electron chi connectivity index (χ0n) is 12.2. The van der Waals surface area contributed by atoms with E-state index in [-0.39, 0.29) is 5.69 Å². The van der Waals surface area contributed by atoms with Gasteiger partial charge in [0.05, 0.1) is 11.6 Å². The van der Waals surface area contributed by atoms with Crippen molar-refractivity contribution in [2.75, 3.05) is 5.32 Å². The van der Waals surface area contributed by atoms with Gasteiger partial charge in [-0.05, 0) is 25.0 Å². The van der Waals surface area contributed by atoms with Crippen molar-refractivity contribution in [2.45, 2.75) is 31.7 Å². The first-order valence-corrected chi connectivity index (χ1v) is 7.11. The number of anilines is 1. The number of amides is 1. The number of rotatable bonds is 3. The van der Waals surface area contributed by atoms with Crippen molar-refractivity contribution in [1.82, 2.24) is 14.8 Å². The molecule has 0 saturated heterocycles. The molecule has 1 aromatic carbocycles. The maximum Gasteiger partial charge on any atom is 0.573 e. The van der Waals surface area contributed by atoms with Gasteiger partial charge in [0.25, 0.3) is 0 Å². The van der Waals surface area contributed by atoms with E-state index in [0.717, 1.165) is 24.6 Å². The number of ether oxygens (including phenoxy) is 1. The van der Waals surface area contributed by atoms with Gasteiger partial charge in [0.2, 0.25) is 5.91 Å². The fourth-order valence-electron chi connectivity index (χ4n) is 2.59. The lowest BCUT2D eigenvalue weighted by atomic mass is 9.98. The molecule has 3 rings (SSSR count). The standard InChI is InChI=1S/C14H13F3N4O3/c15-14(16,17)24-11-6-8(22)3-4-10(11)19-13(23)9-2-1-5-21-7-18-20-12(9)21/h3-4,6-7,9,22H,1-2,5H2,(H,19,23). The minimum Gasteiger partial charge on any atom is -0.508 e. The average molecular weight is 342 g/mol. The van der Waals surface area contributed by atoms with Gasteiger partial charge in [-0.1, -0.05) is 0 Å². The highest BCUT2D eigenvalue weighted by Crippen LogP contribution is 2.35. The zero-order valence-corrected chi connectivity index (χ0v) is 12.2. The van der Waals surface area contributed by atoms with E-state index in [9.17, 15) is 23.1 Å². The van der Waals surface area contributed by atoms with E-state index < -0.39 is 29.7 Å². The zero-order chi connectivity index (χ0) is 17.3. The Morgan fingerprint density at radius 2 is 2.21 bits per heavy atom. The van der Waals surface area contributed by atoms with E-state index in [1.54, 1.807) is 4.57 Å². The fraction of sp³-hybridized carbons (Fsp3) is 0.357. The van der Waals surface area contributed by atoms with Crippen LogP contribution in [-0.4, -0.2) is 32.1 Å². The first-order valence-electron chi connectivity index (χ1n) is 7.11. The van der Waals surface area contributed by atoms with Gasteiger partial charge in [-0.3, -0.25) is 4.79 Å². The summed E-state index contributed by atoms with van der Waals surface area (Å²) in [6.07, 6.45) is -2.20. The molecule has 1 atom stereocenters. The highest BCUT2D eigenvalue weighted by atomic mass is 19.4. The van der Waals surface area contributed by atoms with Crippen LogP contribution in [0.3, 0.4) is 0 Å². The maximum atomic E-state index is 12.5. The summed E-state index contributed by atoms with van der Waals surface area (Å²) in [5, 5.41) is 19.4. The normalized spacial score (nSPS) is 17.2. The molecule has 0 aliphatic carbocycles. The number of carbonyl (C=O) groups is 1. The molecule has 1 aromatic heterocycles. The van der Waals surface area contributed by atoms with Gasteiger partial charge in [-0.2, -0.15) is 0 Å². The van der Waals surface area contributed by atoms with E-state index in [0.29, 0.717) is 18.8 Å². The van der Waals surface area contributed by atoms with E-state index >= 15 is 0 Å². The van der Waals surface area contributed by atoms with Crippen molar-refractivity contribution in [3.8, 4) is 11.5 Å². The first-order chi connectivity index (χ1) is 11.3. The number of benzene rings is 1. The summed E-state index contributed by atoms with van der Waals surface area (Å²) >= 11 is 0. The summed E-state index contributed by atoms with van der Waals surface area (Å²) in [6.45, 7) is 0.688. The van der Waals surface area contributed by atoms with Crippen LogP contribution in [0, 0.1) is 0 Å². The molecule has 1 amide bonds. The van der Waals surface area contributed by atoms with Gasteiger partial charge < -0.3 is 19.7 Å². The van der Waals surface area contributed by atoms with Crippen molar-refractivity contribution in [2.24, 2.45) is 0 Å². The van der Waals surface area contributed by atoms with Gasteiger partial charge in [0.1, 0.15) is 17.9 Å². The smallest absolute Gasteiger partial charge is 0.508 e. The topological polar surface area (TPSA) is 89.3 Å². The second kappa shape index (κ2) is 6.02. The van der Waals surface area contributed by atoms with Crippen molar-refractivity contribution in [3.63, 3.8) is 0 Å². The van der Waals surface area contributed by atoms with Crippen LogP contribution in [0.5, 0.6) is 11.5 Å². The Kier molecular flexibility index (Phi) is 4.04. The summed E-state index contributed by atoms with van der Waals surface area (Å²) < 4.78 is 43.0. The molecule has 0 bridgehead atoms. The first kappa shape index (κ1) is 16.1. The number of nitrogens with one attached hydrogen (secondary N) is 1. The number of fused-ring (bicyclic) bond motifs is 1. The number of halogens is 3. The molecule has 2 aromatic rings. The molecule has 2 N–H and O–H groups in total. The number of alkyl halides is 3. The fourth-order valence-corrected chi connectivity index (χ4v) is 2.59. The quantitative estimate of drug-likeness (QED) is 0.836. The Hall–Kier alpha value is -2.78. The highest BCUT2D eigenvalue weighted by molar-refractivity contribution is 5.96. The molecule has 7 nitrogen and oxygen atoms in total. The molecule has 24 heavy (non-hydrogen) atoms. The van der Waals surface area contributed by atoms with Crippen LogP contribution in [0.1, 0.15) is 24.6 Å². The molecule has 1 unspecified atom stereocenters. The summed E-state index contributed by atoms with van der Waals surface area (Å²) in [6, 6.07) is 3.08. The lowest BCUT2D eigenvalue weighted by molar-refractivity contribution is -0.274. The average Bonchev–Trinajstić information content (AvgIpc) is 2.96. The van der Waals surface area contributed by atoms with Crippen molar-refractivity contribution in [1.29, 1.82) is 0 Å². The van der Waals surface area contributed by atoms with Crippen LogP contribution in [0.4, 0.5) is 18.9 Å². The minimum atomic E-state index is -4.95. The van der Waals surface area contributed by atoms with E-state index in [4.69, 9.17) is 0 Å². The largest absolute Gasteiger partial charge is 0.573 e. The molecule has 0 spiro atoms. The second-order valence-corrected chi connectivity index (χ2v) is 5.29. The van der Waals surface area contributed by atoms with Crippen molar-refractivity contribution < 1.29 is 27.8 Å². The number of phenolic OH excluding ortho intramolecular Hbond substituents is 1. The molecule has 2 heterocycles. The Labute approximate surface area is 134 Å². The van der Waals surface area contributed by atoms with Gasteiger partial charge in [0.15, 0.2) is 5.75 Å². The van der Waals surface area contributed by atoms with E-state index in [1.807, 2.05) is 0 Å². The van der Waals surface area contributed by atoms with Crippen LogP contribution in [-0.2, 0) is 11.3 Å². The third kappa shape index (κ3) is 3.42. The van der Waals surface area contributed by atoms with Gasteiger partial charge in [-0.15, -0.1) is 23.4 Å². The molecular formula is C14H13F3N4O3. The summed E-state index contributed by atoms with van der Waals surface area (Å²) in [7, 11) is 0. The van der Waals surface area contributed by atoms with Crippen molar-refractivity contribution in [3.05, 3.63) is 30.4 Å². The minimum absolute atomic E-state index is 0.188. The van der Waals surface area contributed by atoms with Crippen LogP contribution in [0.25, 0.3) is 0 Å². The summed E-state index contributed by atoms with van der Waals surface area (Å²) in [5.74, 6) is -1.76. The van der Waals surface area contributed by atoms with Crippen molar-refractivity contribution >= 4 is 11.6 Å². The van der Waals surface area contributed by atoms with E-state index in [2.05, 4.69) is 20.3 Å². The monoisotopic (exact) mass is 342 g/mol. The molecule has 10 heteroatoms. The van der Waals surface area contributed by atoms with Crippen LogP contribution in [0.15, 0.2) is 24.5 Å². The molecule has 128 valence electrons. The number of nitrogens with zero attached hydrogens (tertiary/aromatic N) is 3. The third-order valence-electron chi connectivity index (χ3n) is 3.61. The lowest BCUT2D eigenvalue weighted by Crippen LogP contribution is -2.28. The van der Waals surface area contributed by atoms with Crippen LogP contribution in [0.2, 0.25) is 0 Å². The number of aromatic hydroxyl groups is 1.